The molecule has 0 saturated heterocycles. The van der Waals surface area contributed by atoms with Crippen LogP contribution in [0.3, 0.4) is 0 Å². The summed E-state index contributed by atoms with van der Waals surface area (Å²) in [5.74, 6) is -0.282. The quantitative estimate of drug-likeness (QED) is 0.767. The maximum atomic E-state index is 11.9. The van der Waals surface area contributed by atoms with E-state index in [1.165, 1.54) is 23.3 Å². The molecule has 0 unspecified atom stereocenters. The maximum Gasteiger partial charge on any atom is 0.278 e. The zero-order chi connectivity index (χ0) is 12.3. The summed E-state index contributed by atoms with van der Waals surface area (Å²) in [5, 5.41) is 13.7. The minimum absolute atomic E-state index is 0.126. The van der Waals surface area contributed by atoms with Gasteiger partial charge < -0.3 is 5.73 Å². The number of nitrogen functional groups attached to an aromatic ring is 1. The first-order valence-corrected chi connectivity index (χ1v) is 4.98. The largest absolute Gasteiger partial charge is 0.396 e. The van der Waals surface area contributed by atoms with Crippen LogP contribution < -0.4 is 11.1 Å². The second-order valence-corrected chi connectivity index (χ2v) is 3.18. The molecule has 3 N–H and O–H groups in total. The van der Waals surface area contributed by atoms with Gasteiger partial charge in [-0.3, -0.25) is 14.8 Å². The van der Waals surface area contributed by atoms with Crippen molar-refractivity contribution >= 4 is 17.5 Å². The number of amides is 1. The highest BCUT2D eigenvalue weighted by Gasteiger charge is 2.16. The lowest BCUT2D eigenvalue weighted by molar-refractivity contribution is 0.101. The van der Waals surface area contributed by atoms with E-state index in [0.717, 1.165) is 0 Å². The van der Waals surface area contributed by atoms with Crippen LogP contribution in [0.25, 0.3) is 0 Å². The zero-order valence-electron chi connectivity index (χ0n) is 9.16. The van der Waals surface area contributed by atoms with Gasteiger partial charge in [-0.2, -0.15) is 10.2 Å². The van der Waals surface area contributed by atoms with Crippen LogP contribution in [-0.2, 0) is 6.54 Å². The first kappa shape index (κ1) is 11.0. The zero-order valence-corrected chi connectivity index (χ0v) is 9.16. The van der Waals surface area contributed by atoms with E-state index in [1.807, 2.05) is 6.92 Å². The van der Waals surface area contributed by atoms with Crippen LogP contribution >= 0.6 is 0 Å². The molecule has 2 heterocycles. The van der Waals surface area contributed by atoms with Crippen molar-refractivity contribution in [3.05, 3.63) is 24.3 Å². The number of carbonyl (C=O) groups excluding carboxylic acids is 1. The topological polar surface area (TPSA) is 112 Å². The van der Waals surface area contributed by atoms with Gasteiger partial charge in [-0.1, -0.05) is 0 Å². The van der Waals surface area contributed by atoms with Gasteiger partial charge in [-0.05, 0) is 6.92 Å². The van der Waals surface area contributed by atoms with Crippen LogP contribution in [0.15, 0.2) is 18.6 Å². The molecule has 0 atom stereocenters. The lowest BCUT2D eigenvalue weighted by atomic mass is 10.3. The predicted octanol–water partition coefficient (Wildman–Crippen LogP) is -0.0775. The Bertz CT molecular complexity index is 521. The molecule has 0 fully saturated rings. The predicted molar refractivity (Wildman–Crippen MR) is 60.1 cm³/mol. The number of hydrogen-bond donors (Lipinski definition) is 2. The summed E-state index contributed by atoms with van der Waals surface area (Å²) in [6, 6.07) is 0. The fourth-order valence-electron chi connectivity index (χ4n) is 1.35. The van der Waals surface area contributed by atoms with Crippen molar-refractivity contribution < 1.29 is 4.79 Å². The second kappa shape index (κ2) is 4.56. The van der Waals surface area contributed by atoms with Crippen molar-refractivity contribution in [2.45, 2.75) is 13.5 Å². The molecule has 1 amide bonds. The first-order chi connectivity index (χ1) is 8.22. The van der Waals surface area contributed by atoms with Gasteiger partial charge in [0.15, 0.2) is 0 Å². The van der Waals surface area contributed by atoms with Gasteiger partial charge in [0, 0.05) is 6.54 Å². The summed E-state index contributed by atoms with van der Waals surface area (Å²) in [5.41, 5.74) is 6.28. The molecule has 0 radical (unpaired) electrons. The van der Waals surface area contributed by atoms with Gasteiger partial charge >= 0.3 is 0 Å². The Labute approximate surface area is 96.9 Å². The fourth-order valence-corrected chi connectivity index (χ4v) is 1.35. The third kappa shape index (κ3) is 2.19. The average molecular weight is 233 g/mol. The lowest BCUT2D eigenvalue weighted by Crippen LogP contribution is -2.20. The molecular weight excluding hydrogens is 222 g/mol. The Morgan fingerprint density at radius 1 is 1.53 bits per heavy atom. The molecular formula is C9H11N7O. The SMILES string of the molecule is CCn1ncc(N)c1C(=O)Nc1nccnn1. The third-order valence-electron chi connectivity index (χ3n) is 2.09. The maximum absolute atomic E-state index is 11.9. The third-order valence-corrected chi connectivity index (χ3v) is 2.09. The number of nitrogens with two attached hydrogens (primary N) is 1. The molecule has 0 aliphatic heterocycles. The molecule has 2 aromatic heterocycles. The van der Waals surface area contributed by atoms with Crippen molar-refractivity contribution in [2.75, 3.05) is 11.1 Å². The molecule has 17 heavy (non-hydrogen) atoms. The minimum atomic E-state index is -0.408. The van der Waals surface area contributed by atoms with Gasteiger partial charge in [0.05, 0.1) is 24.3 Å². The van der Waals surface area contributed by atoms with Crippen LogP contribution in [0.4, 0.5) is 11.6 Å². The number of rotatable bonds is 3. The number of anilines is 2. The minimum Gasteiger partial charge on any atom is -0.396 e. The van der Waals surface area contributed by atoms with E-state index in [1.54, 1.807) is 0 Å². The summed E-state index contributed by atoms with van der Waals surface area (Å²) in [6.45, 7) is 2.41. The first-order valence-electron chi connectivity index (χ1n) is 4.98. The van der Waals surface area contributed by atoms with Gasteiger partial charge in [0.2, 0.25) is 5.95 Å². The van der Waals surface area contributed by atoms with Crippen LogP contribution in [0.5, 0.6) is 0 Å². The molecule has 0 aliphatic carbocycles. The molecule has 8 nitrogen and oxygen atoms in total. The molecule has 2 aromatic rings. The van der Waals surface area contributed by atoms with Gasteiger partial charge in [0.25, 0.3) is 5.91 Å². The van der Waals surface area contributed by atoms with E-state index >= 15 is 0 Å². The summed E-state index contributed by atoms with van der Waals surface area (Å²) < 4.78 is 1.50. The number of aromatic nitrogens is 5. The molecule has 0 aromatic carbocycles. The highest BCUT2D eigenvalue weighted by atomic mass is 16.2. The summed E-state index contributed by atoms with van der Waals surface area (Å²) in [4.78, 5) is 15.8. The van der Waals surface area contributed by atoms with Gasteiger partial charge in [-0.15, -0.1) is 5.10 Å². The van der Waals surface area contributed by atoms with E-state index in [9.17, 15) is 4.79 Å². The second-order valence-electron chi connectivity index (χ2n) is 3.18. The smallest absolute Gasteiger partial charge is 0.278 e. The van der Waals surface area contributed by atoms with E-state index in [4.69, 9.17) is 5.73 Å². The average Bonchev–Trinajstić information content (AvgIpc) is 2.71. The lowest BCUT2D eigenvalue weighted by Gasteiger charge is -2.05. The number of nitrogens with zero attached hydrogens (tertiary/aromatic N) is 5. The van der Waals surface area contributed by atoms with E-state index in [-0.39, 0.29) is 5.95 Å². The Kier molecular flexibility index (Phi) is 2.95. The molecule has 0 bridgehead atoms. The number of hydrogen-bond acceptors (Lipinski definition) is 6. The molecule has 0 saturated carbocycles. The van der Waals surface area contributed by atoms with Crippen LogP contribution in [0, 0.1) is 0 Å². The Morgan fingerprint density at radius 3 is 3.00 bits per heavy atom. The number of nitrogens with one attached hydrogen (secondary N) is 1. The van der Waals surface area contributed by atoms with Crippen molar-refractivity contribution in [1.29, 1.82) is 0 Å². The van der Waals surface area contributed by atoms with Gasteiger partial charge in [0.1, 0.15) is 5.69 Å². The van der Waals surface area contributed by atoms with E-state index in [0.29, 0.717) is 17.9 Å². The van der Waals surface area contributed by atoms with Crippen LogP contribution in [0.1, 0.15) is 17.4 Å². The molecule has 0 aliphatic rings. The Balaban J connectivity index is 2.23. The van der Waals surface area contributed by atoms with Gasteiger partial charge in [-0.25, -0.2) is 4.98 Å². The summed E-state index contributed by atoms with van der Waals surface area (Å²) in [7, 11) is 0. The summed E-state index contributed by atoms with van der Waals surface area (Å²) >= 11 is 0. The van der Waals surface area contributed by atoms with Crippen molar-refractivity contribution in [1.82, 2.24) is 25.0 Å². The molecule has 8 heteroatoms. The molecule has 88 valence electrons. The summed E-state index contributed by atoms with van der Waals surface area (Å²) in [6.07, 6.45) is 4.28. The Morgan fingerprint density at radius 2 is 2.35 bits per heavy atom. The molecule has 2 rings (SSSR count). The highest BCUT2D eigenvalue weighted by Crippen LogP contribution is 2.11. The standard InChI is InChI=1S/C9H11N7O/c1-2-16-7(6(10)5-13-16)8(17)14-9-11-3-4-12-15-9/h3-5H,2,10H2,1H3,(H,11,14,15,17). The monoisotopic (exact) mass is 233 g/mol. The van der Waals surface area contributed by atoms with Crippen molar-refractivity contribution in [3.8, 4) is 0 Å². The van der Waals surface area contributed by atoms with E-state index < -0.39 is 5.91 Å². The van der Waals surface area contributed by atoms with Crippen LogP contribution in [0.2, 0.25) is 0 Å². The number of carbonyl (C=O) groups is 1. The van der Waals surface area contributed by atoms with Crippen molar-refractivity contribution in [2.24, 2.45) is 0 Å². The van der Waals surface area contributed by atoms with Crippen LogP contribution in [-0.4, -0.2) is 30.9 Å². The van der Waals surface area contributed by atoms with Crippen molar-refractivity contribution in [3.63, 3.8) is 0 Å². The normalized spacial score (nSPS) is 10.2. The molecule has 0 spiro atoms. The highest BCUT2D eigenvalue weighted by molar-refractivity contribution is 6.05. The Hall–Kier alpha value is -2.51. The number of aryl methyl sites for hydroxylation is 1. The van der Waals surface area contributed by atoms with E-state index in [2.05, 4.69) is 25.6 Å². The fraction of sp³-hybridized carbons (Fsp3) is 0.222.